The summed E-state index contributed by atoms with van der Waals surface area (Å²) in [4.78, 5) is 21.7. The zero-order valence-electron chi connectivity index (χ0n) is 8.40. The van der Waals surface area contributed by atoms with Gasteiger partial charge in [0.1, 0.15) is 5.56 Å². The van der Waals surface area contributed by atoms with E-state index in [1.807, 2.05) is 0 Å². The largest absolute Gasteiger partial charge is 0.494 e. The van der Waals surface area contributed by atoms with E-state index in [4.69, 9.17) is 9.84 Å². The van der Waals surface area contributed by atoms with Gasteiger partial charge < -0.3 is 15.2 Å². The minimum atomic E-state index is -1.10. The average molecular weight is 209 g/mol. The van der Waals surface area contributed by atoms with E-state index < -0.39 is 5.97 Å². The van der Waals surface area contributed by atoms with Crippen LogP contribution in [0.25, 0.3) is 0 Å². The van der Waals surface area contributed by atoms with Crippen molar-refractivity contribution >= 4 is 17.6 Å². The fourth-order valence-electron chi connectivity index (χ4n) is 1.21. The maximum absolute atomic E-state index is 10.8. The molecule has 0 atom stereocenters. The van der Waals surface area contributed by atoms with Gasteiger partial charge in [0, 0.05) is 6.92 Å². The first-order chi connectivity index (χ1) is 7.06. The first-order valence-corrected chi connectivity index (χ1v) is 4.24. The minimum Gasteiger partial charge on any atom is -0.494 e. The Labute approximate surface area is 86.7 Å². The predicted octanol–water partition coefficient (Wildman–Crippen LogP) is 1.35. The highest BCUT2D eigenvalue weighted by Crippen LogP contribution is 2.28. The van der Waals surface area contributed by atoms with E-state index in [1.54, 1.807) is 6.07 Å². The number of anilines is 1. The summed E-state index contributed by atoms with van der Waals surface area (Å²) in [5.74, 6) is -1.23. The van der Waals surface area contributed by atoms with Crippen LogP contribution in [-0.2, 0) is 4.79 Å². The minimum absolute atomic E-state index is 0.0174. The zero-order valence-corrected chi connectivity index (χ0v) is 8.40. The van der Waals surface area contributed by atoms with Crippen molar-refractivity contribution in [3.8, 4) is 5.75 Å². The number of hydrogen-bond acceptors (Lipinski definition) is 3. The van der Waals surface area contributed by atoms with Crippen LogP contribution in [-0.4, -0.2) is 24.1 Å². The molecule has 1 rings (SSSR count). The summed E-state index contributed by atoms with van der Waals surface area (Å²) in [6, 6.07) is 4.52. The second-order valence-electron chi connectivity index (χ2n) is 2.87. The van der Waals surface area contributed by atoms with Crippen LogP contribution in [0.1, 0.15) is 17.3 Å². The van der Waals surface area contributed by atoms with Gasteiger partial charge in [-0.1, -0.05) is 6.07 Å². The monoisotopic (exact) mass is 209 g/mol. The molecule has 1 aromatic rings. The van der Waals surface area contributed by atoms with Crippen molar-refractivity contribution in [2.24, 2.45) is 0 Å². The fraction of sp³-hybridized carbons (Fsp3) is 0.200. The Hall–Kier alpha value is -2.04. The Balaban J connectivity index is 3.21. The topological polar surface area (TPSA) is 75.6 Å². The normalized spacial score (nSPS) is 9.47. The number of rotatable bonds is 3. The van der Waals surface area contributed by atoms with Crippen molar-refractivity contribution in [2.45, 2.75) is 6.92 Å². The van der Waals surface area contributed by atoms with E-state index in [0.29, 0.717) is 5.69 Å². The van der Waals surface area contributed by atoms with E-state index in [0.717, 1.165) is 0 Å². The molecule has 0 saturated carbocycles. The SMILES string of the molecule is COc1c(NC(C)=O)cccc1C(=O)O. The number of amides is 1. The number of benzene rings is 1. The molecule has 0 spiro atoms. The van der Waals surface area contributed by atoms with Crippen molar-refractivity contribution in [1.29, 1.82) is 0 Å². The number of methoxy groups -OCH3 is 1. The molecular formula is C10H11NO4. The fourth-order valence-corrected chi connectivity index (χ4v) is 1.21. The van der Waals surface area contributed by atoms with Crippen molar-refractivity contribution in [1.82, 2.24) is 0 Å². The molecule has 0 aromatic heterocycles. The smallest absolute Gasteiger partial charge is 0.339 e. The van der Waals surface area contributed by atoms with Crippen molar-refractivity contribution in [2.75, 3.05) is 12.4 Å². The van der Waals surface area contributed by atoms with Crippen LogP contribution in [0.4, 0.5) is 5.69 Å². The Bertz CT molecular complexity index is 400. The first kappa shape index (κ1) is 11.0. The summed E-state index contributed by atoms with van der Waals surface area (Å²) < 4.78 is 4.94. The van der Waals surface area contributed by atoms with Gasteiger partial charge in [-0.3, -0.25) is 4.79 Å². The van der Waals surface area contributed by atoms with Gasteiger partial charge in [0.2, 0.25) is 5.91 Å². The Kier molecular flexibility index (Phi) is 3.28. The Morgan fingerprint density at radius 1 is 1.40 bits per heavy atom. The molecule has 5 heteroatoms. The van der Waals surface area contributed by atoms with Gasteiger partial charge >= 0.3 is 5.97 Å². The highest BCUT2D eigenvalue weighted by molar-refractivity contribution is 5.97. The second kappa shape index (κ2) is 4.45. The number of aromatic carboxylic acids is 1. The van der Waals surface area contributed by atoms with Crippen LogP contribution in [0.5, 0.6) is 5.75 Å². The van der Waals surface area contributed by atoms with Gasteiger partial charge in [-0.25, -0.2) is 4.79 Å². The molecule has 0 unspecified atom stereocenters. The molecule has 0 aliphatic rings. The van der Waals surface area contributed by atoms with Crippen LogP contribution < -0.4 is 10.1 Å². The molecule has 1 aromatic carbocycles. The lowest BCUT2D eigenvalue weighted by molar-refractivity contribution is -0.114. The third kappa shape index (κ3) is 2.46. The third-order valence-corrected chi connectivity index (χ3v) is 1.76. The lowest BCUT2D eigenvalue weighted by atomic mass is 10.1. The predicted molar refractivity (Wildman–Crippen MR) is 54.3 cm³/mol. The van der Waals surface area contributed by atoms with Gasteiger partial charge in [0.15, 0.2) is 5.75 Å². The van der Waals surface area contributed by atoms with E-state index >= 15 is 0 Å². The number of carbonyl (C=O) groups is 2. The average Bonchev–Trinajstić information content (AvgIpc) is 2.16. The molecule has 2 N–H and O–H groups in total. The van der Waals surface area contributed by atoms with Crippen molar-refractivity contribution < 1.29 is 19.4 Å². The lowest BCUT2D eigenvalue weighted by Gasteiger charge is -2.10. The lowest BCUT2D eigenvalue weighted by Crippen LogP contribution is -2.09. The van der Waals surface area contributed by atoms with Gasteiger partial charge in [-0.2, -0.15) is 0 Å². The Morgan fingerprint density at radius 3 is 2.53 bits per heavy atom. The zero-order chi connectivity index (χ0) is 11.4. The van der Waals surface area contributed by atoms with Crippen molar-refractivity contribution in [3.63, 3.8) is 0 Å². The van der Waals surface area contributed by atoms with Crippen LogP contribution in [0.3, 0.4) is 0 Å². The molecule has 5 nitrogen and oxygen atoms in total. The summed E-state index contributed by atoms with van der Waals surface area (Å²) in [6.45, 7) is 1.34. The Morgan fingerprint density at radius 2 is 2.07 bits per heavy atom. The van der Waals surface area contributed by atoms with E-state index in [1.165, 1.54) is 26.2 Å². The number of carboxylic acid groups (broad SMARTS) is 1. The molecule has 0 bridgehead atoms. The number of nitrogens with one attached hydrogen (secondary N) is 1. The van der Waals surface area contributed by atoms with Crippen LogP contribution in [0.15, 0.2) is 18.2 Å². The maximum atomic E-state index is 10.8. The summed E-state index contributed by atoms with van der Waals surface area (Å²) in [6.07, 6.45) is 0. The van der Waals surface area contributed by atoms with Crippen LogP contribution in [0.2, 0.25) is 0 Å². The van der Waals surface area contributed by atoms with Gasteiger partial charge in [-0.05, 0) is 12.1 Å². The number of para-hydroxylation sites is 1. The van der Waals surface area contributed by atoms with Crippen LogP contribution >= 0.6 is 0 Å². The van der Waals surface area contributed by atoms with Crippen LogP contribution in [0, 0.1) is 0 Å². The van der Waals surface area contributed by atoms with E-state index in [9.17, 15) is 9.59 Å². The summed E-state index contributed by atoms with van der Waals surface area (Å²) in [5, 5.41) is 11.4. The first-order valence-electron chi connectivity index (χ1n) is 4.24. The van der Waals surface area contributed by atoms with Gasteiger partial charge in [0.25, 0.3) is 0 Å². The maximum Gasteiger partial charge on any atom is 0.339 e. The van der Waals surface area contributed by atoms with Gasteiger partial charge in [0.05, 0.1) is 12.8 Å². The molecule has 0 fully saturated rings. The molecule has 0 saturated heterocycles. The number of carboxylic acids is 1. The molecular weight excluding hydrogens is 198 g/mol. The quantitative estimate of drug-likeness (QED) is 0.787. The molecule has 0 aliphatic heterocycles. The highest BCUT2D eigenvalue weighted by Gasteiger charge is 2.14. The standard InChI is InChI=1S/C10H11NO4/c1-6(12)11-8-5-3-4-7(10(13)14)9(8)15-2/h3-5H,1-2H3,(H,11,12)(H,13,14). The number of carbonyl (C=O) groups excluding carboxylic acids is 1. The molecule has 0 heterocycles. The van der Waals surface area contributed by atoms with Gasteiger partial charge in [-0.15, -0.1) is 0 Å². The molecule has 0 radical (unpaired) electrons. The highest BCUT2D eigenvalue weighted by atomic mass is 16.5. The molecule has 1 amide bonds. The van der Waals surface area contributed by atoms with E-state index in [2.05, 4.69) is 5.32 Å². The number of hydrogen-bond donors (Lipinski definition) is 2. The summed E-state index contributed by atoms with van der Waals surface area (Å²) >= 11 is 0. The third-order valence-electron chi connectivity index (χ3n) is 1.76. The second-order valence-corrected chi connectivity index (χ2v) is 2.87. The molecule has 0 aliphatic carbocycles. The molecule has 15 heavy (non-hydrogen) atoms. The number of ether oxygens (including phenoxy) is 1. The summed E-state index contributed by atoms with van der Waals surface area (Å²) in [5.41, 5.74) is 0.369. The van der Waals surface area contributed by atoms with E-state index in [-0.39, 0.29) is 17.2 Å². The van der Waals surface area contributed by atoms with Crippen molar-refractivity contribution in [3.05, 3.63) is 23.8 Å². The summed E-state index contributed by atoms with van der Waals surface area (Å²) in [7, 11) is 1.35. The molecule has 80 valence electrons.